The van der Waals surface area contributed by atoms with Crippen molar-refractivity contribution in [3.05, 3.63) is 81.8 Å². The van der Waals surface area contributed by atoms with E-state index in [1.807, 2.05) is 17.5 Å². The van der Waals surface area contributed by atoms with Crippen LogP contribution in [0, 0.1) is 0 Å². The SMILES string of the molecule is O=C1C(=O)N(Cc2cccs2)C(c2cccnc2)/C1=C(/O)c1ccc2c(c1)OCCO2. The van der Waals surface area contributed by atoms with Crippen molar-refractivity contribution in [2.24, 2.45) is 0 Å². The molecule has 0 bridgehead atoms. The standard InChI is InChI=1S/C23H18N2O5S/c26-21(14-5-6-17-18(11-14)30-9-8-29-17)19-20(15-3-1-7-24-12-15)25(23(28)22(19)27)13-16-4-2-10-31-16/h1-7,10-12,20,26H,8-9,13H2/b21-19-. The van der Waals surface area contributed by atoms with Crippen molar-refractivity contribution < 1.29 is 24.2 Å². The van der Waals surface area contributed by atoms with Crippen LogP contribution in [0.2, 0.25) is 0 Å². The molecule has 0 saturated carbocycles. The summed E-state index contributed by atoms with van der Waals surface area (Å²) in [4.78, 5) is 32.6. The average Bonchev–Trinajstić information content (AvgIpc) is 3.41. The van der Waals surface area contributed by atoms with E-state index in [2.05, 4.69) is 4.98 Å². The quantitative estimate of drug-likeness (QED) is 0.384. The van der Waals surface area contributed by atoms with Gasteiger partial charge in [-0.15, -0.1) is 11.3 Å². The number of Topliss-reactive ketones (excluding diaryl/α,β-unsaturated/α-hetero) is 1. The average molecular weight is 434 g/mol. The number of carbonyl (C=O) groups is 2. The monoisotopic (exact) mass is 434 g/mol. The summed E-state index contributed by atoms with van der Waals surface area (Å²) in [5, 5.41) is 13.1. The van der Waals surface area contributed by atoms with E-state index < -0.39 is 17.7 Å². The van der Waals surface area contributed by atoms with Gasteiger partial charge >= 0.3 is 0 Å². The van der Waals surface area contributed by atoms with Crippen LogP contribution in [0.15, 0.2) is 65.8 Å². The van der Waals surface area contributed by atoms with Crippen LogP contribution in [0.3, 0.4) is 0 Å². The molecule has 2 aromatic heterocycles. The van der Waals surface area contributed by atoms with Gasteiger partial charge in [-0.05, 0) is 41.3 Å². The molecule has 156 valence electrons. The Hall–Kier alpha value is -3.65. The third-order valence-corrected chi connectivity index (χ3v) is 6.12. The summed E-state index contributed by atoms with van der Waals surface area (Å²) < 4.78 is 11.1. The molecule has 2 aliphatic rings. The normalized spacial score (nSPS) is 19.6. The van der Waals surface area contributed by atoms with E-state index in [1.54, 1.807) is 42.7 Å². The van der Waals surface area contributed by atoms with Crippen LogP contribution in [0.5, 0.6) is 11.5 Å². The van der Waals surface area contributed by atoms with Gasteiger partial charge in [-0.1, -0.05) is 12.1 Å². The van der Waals surface area contributed by atoms with Gasteiger partial charge < -0.3 is 19.5 Å². The Balaban J connectivity index is 1.63. The smallest absolute Gasteiger partial charge is 0.295 e. The van der Waals surface area contributed by atoms with Crippen molar-refractivity contribution in [3.8, 4) is 11.5 Å². The van der Waals surface area contributed by atoms with Crippen LogP contribution in [-0.4, -0.2) is 39.9 Å². The zero-order chi connectivity index (χ0) is 21.4. The van der Waals surface area contributed by atoms with Gasteiger partial charge in [0, 0.05) is 22.8 Å². The number of carbonyl (C=O) groups excluding carboxylic acids is 2. The third-order valence-electron chi connectivity index (χ3n) is 5.26. The summed E-state index contributed by atoms with van der Waals surface area (Å²) in [6, 6.07) is 11.5. The summed E-state index contributed by atoms with van der Waals surface area (Å²) in [6.45, 7) is 1.12. The minimum Gasteiger partial charge on any atom is -0.507 e. The Labute approximate surface area is 182 Å². The lowest BCUT2D eigenvalue weighted by molar-refractivity contribution is -0.140. The number of thiophene rings is 1. The number of rotatable bonds is 4. The van der Waals surface area contributed by atoms with Gasteiger partial charge in [0.1, 0.15) is 19.0 Å². The lowest BCUT2D eigenvalue weighted by atomic mass is 9.96. The Morgan fingerprint density at radius 3 is 2.71 bits per heavy atom. The number of amides is 1. The number of fused-ring (bicyclic) bond motifs is 1. The number of aliphatic hydroxyl groups excluding tert-OH is 1. The molecule has 8 heteroatoms. The maximum absolute atomic E-state index is 13.0. The van der Waals surface area contributed by atoms with Gasteiger partial charge in [-0.25, -0.2) is 0 Å². The van der Waals surface area contributed by atoms with Gasteiger partial charge in [-0.2, -0.15) is 0 Å². The van der Waals surface area contributed by atoms with Crippen molar-refractivity contribution in [3.63, 3.8) is 0 Å². The number of benzene rings is 1. The number of aromatic nitrogens is 1. The predicted molar refractivity (Wildman–Crippen MR) is 114 cm³/mol. The molecule has 1 unspecified atom stereocenters. The highest BCUT2D eigenvalue weighted by atomic mass is 32.1. The van der Waals surface area contributed by atoms with Crippen LogP contribution < -0.4 is 9.47 Å². The van der Waals surface area contributed by atoms with E-state index in [4.69, 9.17) is 9.47 Å². The molecule has 0 radical (unpaired) electrons. The number of pyridine rings is 1. The molecule has 31 heavy (non-hydrogen) atoms. The maximum Gasteiger partial charge on any atom is 0.295 e. The summed E-state index contributed by atoms with van der Waals surface area (Å²) in [5.41, 5.74) is 1.07. The van der Waals surface area contributed by atoms with Crippen molar-refractivity contribution in [2.75, 3.05) is 13.2 Å². The molecule has 5 rings (SSSR count). The number of ketones is 1. The molecule has 7 nitrogen and oxygen atoms in total. The Kier molecular flexibility index (Phi) is 4.91. The highest BCUT2D eigenvalue weighted by molar-refractivity contribution is 7.09. The molecule has 0 aliphatic carbocycles. The van der Waals surface area contributed by atoms with Crippen LogP contribution >= 0.6 is 11.3 Å². The van der Waals surface area contributed by atoms with Crippen molar-refractivity contribution in [2.45, 2.75) is 12.6 Å². The molecule has 1 aromatic carbocycles. The zero-order valence-electron chi connectivity index (χ0n) is 16.4. The molecule has 1 N–H and O–H groups in total. The molecule has 1 saturated heterocycles. The topological polar surface area (TPSA) is 89.0 Å². The second-order valence-electron chi connectivity index (χ2n) is 7.15. The Morgan fingerprint density at radius 2 is 1.97 bits per heavy atom. The fourth-order valence-electron chi connectivity index (χ4n) is 3.84. The van der Waals surface area contributed by atoms with Gasteiger partial charge in [0.25, 0.3) is 11.7 Å². The van der Waals surface area contributed by atoms with Crippen LogP contribution in [0.1, 0.15) is 22.0 Å². The van der Waals surface area contributed by atoms with Gasteiger partial charge in [0.15, 0.2) is 11.5 Å². The van der Waals surface area contributed by atoms with E-state index in [1.165, 1.54) is 16.2 Å². The highest BCUT2D eigenvalue weighted by Crippen LogP contribution is 2.41. The van der Waals surface area contributed by atoms with E-state index in [0.717, 1.165) is 4.88 Å². The molecular formula is C23H18N2O5S. The summed E-state index contributed by atoms with van der Waals surface area (Å²) in [6.07, 6.45) is 3.23. The predicted octanol–water partition coefficient (Wildman–Crippen LogP) is 3.54. The minimum absolute atomic E-state index is 0.0335. The zero-order valence-corrected chi connectivity index (χ0v) is 17.2. The minimum atomic E-state index is -0.746. The molecule has 2 aliphatic heterocycles. The number of nitrogens with zero attached hydrogens (tertiary/aromatic N) is 2. The van der Waals surface area contributed by atoms with Crippen LogP contribution in [0.4, 0.5) is 0 Å². The van der Waals surface area contributed by atoms with E-state index in [-0.39, 0.29) is 17.9 Å². The first-order valence-electron chi connectivity index (χ1n) is 9.74. The first kappa shape index (κ1) is 19.3. The van der Waals surface area contributed by atoms with E-state index in [9.17, 15) is 14.7 Å². The summed E-state index contributed by atoms with van der Waals surface area (Å²) >= 11 is 1.50. The number of aliphatic hydroxyl groups is 1. The summed E-state index contributed by atoms with van der Waals surface area (Å²) in [5.74, 6) is -0.567. The van der Waals surface area contributed by atoms with Crippen LogP contribution in [-0.2, 0) is 16.1 Å². The largest absolute Gasteiger partial charge is 0.507 e. The first-order valence-corrected chi connectivity index (χ1v) is 10.6. The third kappa shape index (κ3) is 3.44. The molecule has 1 fully saturated rings. The second-order valence-corrected chi connectivity index (χ2v) is 8.18. The molecule has 1 atom stereocenters. The van der Waals surface area contributed by atoms with Gasteiger partial charge in [0.05, 0.1) is 18.2 Å². The van der Waals surface area contributed by atoms with Crippen molar-refractivity contribution >= 4 is 28.8 Å². The fraction of sp³-hybridized carbons (Fsp3) is 0.174. The highest BCUT2D eigenvalue weighted by Gasteiger charge is 2.46. The number of likely N-dealkylation sites (tertiary alicyclic amines) is 1. The lowest BCUT2D eigenvalue weighted by Crippen LogP contribution is -2.28. The molecular weight excluding hydrogens is 416 g/mol. The molecule has 0 spiro atoms. The summed E-state index contributed by atoms with van der Waals surface area (Å²) in [7, 11) is 0. The lowest BCUT2D eigenvalue weighted by Gasteiger charge is -2.24. The molecule has 4 heterocycles. The van der Waals surface area contributed by atoms with Gasteiger partial charge in [-0.3, -0.25) is 14.6 Å². The maximum atomic E-state index is 13.0. The van der Waals surface area contributed by atoms with Crippen LogP contribution in [0.25, 0.3) is 5.76 Å². The van der Waals surface area contributed by atoms with E-state index >= 15 is 0 Å². The number of hydrogen-bond acceptors (Lipinski definition) is 7. The number of hydrogen-bond donors (Lipinski definition) is 1. The molecule has 3 aromatic rings. The van der Waals surface area contributed by atoms with E-state index in [0.29, 0.717) is 35.8 Å². The first-order chi connectivity index (χ1) is 15.1. The van der Waals surface area contributed by atoms with Crippen molar-refractivity contribution in [1.29, 1.82) is 0 Å². The van der Waals surface area contributed by atoms with Crippen molar-refractivity contribution in [1.82, 2.24) is 9.88 Å². The second kappa shape index (κ2) is 7.88. The Bertz CT molecular complexity index is 1170. The Morgan fingerprint density at radius 1 is 1.13 bits per heavy atom. The molecule has 1 amide bonds. The number of ether oxygens (including phenoxy) is 2. The van der Waals surface area contributed by atoms with Gasteiger partial charge in [0.2, 0.25) is 0 Å². The fourth-order valence-corrected chi connectivity index (χ4v) is 4.55.